The average Bonchev–Trinajstić information content (AvgIpc) is 2.89. The Bertz CT molecular complexity index is 885. The number of piperazine rings is 1. The molecule has 1 aliphatic rings. The Morgan fingerprint density at radius 2 is 1.81 bits per heavy atom. The van der Waals surface area contributed by atoms with Gasteiger partial charge in [-0.05, 0) is 12.5 Å². The predicted octanol–water partition coefficient (Wildman–Crippen LogP) is 2.40. The second kappa shape index (κ2) is 7.92. The van der Waals surface area contributed by atoms with Crippen LogP contribution in [0, 0.1) is 6.92 Å². The van der Waals surface area contributed by atoms with E-state index in [2.05, 4.69) is 34.3 Å². The Morgan fingerprint density at radius 1 is 1.15 bits per heavy atom. The number of sulfonamides is 1. The first-order valence-corrected chi connectivity index (χ1v) is 10.3. The van der Waals surface area contributed by atoms with Crippen LogP contribution in [-0.4, -0.2) is 60.1 Å². The average molecular weight is 395 g/mol. The van der Waals surface area contributed by atoms with Crippen molar-refractivity contribution in [2.45, 2.75) is 11.8 Å². The fourth-order valence-electron chi connectivity index (χ4n) is 3.09. The van der Waals surface area contributed by atoms with Crippen molar-refractivity contribution >= 4 is 27.7 Å². The molecule has 1 aromatic heterocycles. The van der Waals surface area contributed by atoms with E-state index in [4.69, 9.17) is 11.6 Å². The van der Waals surface area contributed by atoms with Crippen molar-refractivity contribution in [1.29, 1.82) is 0 Å². The highest BCUT2D eigenvalue weighted by atomic mass is 35.5. The third-order valence-corrected chi connectivity index (χ3v) is 7.10. The summed E-state index contributed by atoms with van der Waals surface area (Å²) in [5.74, 6) is 0. The highest BCUT2D eigenvalue weighted by Gasteiger charge is 2.33. The lowest BCUT2D eigenvalue weighted by Crippen LogP contribution is -2.48. The standard InChI is InChI=1S/C18H23ClN4O2S/c1-15-17(18(19)21(2)20-15)26(24,25)23-13-11-22(12-14-23)10-6-9-16-7-4-3-5-8-16/h3-9H,10-14H2,1-2H3/b9-6-. The monoisotopic (exact) mass is 394 g/mol. The van der Waals surface area contributed by atoms with Crippen molar-refractivity contribution < 1.29 is 8.42 Å². The number of benzene rings is 1. The maximum Gasteiger partial charge on any atom is 0.248 e. The Labute approximate surface area is 159 Å². The first-order valence-electron chi connectivity index (χ1n) is 8.53. The zero-order valence-electron chi connectivity index (χ0n) is 15.0. The van der Waals surface area contributed by atoms with Crippen LogP contribution in [0.2, 0.25) is 5.15 Å². The molecule has 26 heavy (non-hydrogen) atoms. The number of aromatic nitrogens is 2. The van der Waals surface area contributed by atoms with Crippen LogP contribution < -0.4 is 0 Å². The van der Waals surface area contributed by atoms with Crippen LogP contribution in [0.5, 0.6) is 0 Å². The van der Waals surface area contributed by atoms with Crippen molar-refractivity contribution in [1.82, 2.24) is 19.0 Å². The van der Waals surface area contributed by atoms with Gasteiger partial charge in [-0.15, -0.1) is 0 Å². The molecule has 0 spiro atoms. The van der Waals surface area contributed by atoms with Gasteiger partial charge in [0.15, 0.2) is 0 Å². The molecule has 0 N–H and O–H groups in total. The largest absolute Gasteiger partial charge is 0.297 e. The van der Waals surface area contributed by atoms with Gasteiger partial charge in [0.25, 0.3) is 0 Å². The van der Waals surface area contributed by atoms with Crippen LogP contribution in [0.3, 0.4) is 0 Å². The van der Waals surface area contributed by atoms with Gasteiger partial charge >= 0.3 is 0 Å². The first kappa shape index (κ1) is 19.1. The lowest BCUT2D eigenvalue weighted by Gasteiger charge is -2.33. The minimum atomic E-state index is -3.62. The van der Waals surface area contributed by atoms with E-state index in [1.807, 2.05) is 18.2 Å². The zero-order chi connectivity index (χ0) is 18.7. The lowest BCUT2D eigenvalue weighted by molar-refractivity contribution is 0.204. The van der Waals surface area contributed by atoms with Crippen LogP contribution in [-0.2, 0) is 17.1 Å². The molecule has 0 atom stereocenters. The maximum absolute atomic E-state index is 12.9. The third-order valence-electron chi connectivity index (χ3n) is 4.50. The van der Waals surface area contributed by atoms with E-state index in [0.29, 0.717) is 31.9 Å². The molecule has 8 heteroatoms. The molecule has 1 fully saturated rings. The van der Waals surface area contributed by atoms with Gasteiger partial charge in [-0.1, -0.05) is 54.1 Å². The summed E-state index contributed by atoms with van der Waals surface area (Å²) in [5, 5.41) is 4.28. The summed E-state index contributed by atoms with van der Waals surface area (Å²) in [6, 6.07) is 10.1. The van der Waals surface area contributed by atoms with Crippen LogP contribution in [0.4, 0.5) is 0 Å². The number of hydrogen-bond donors (Lipinski definition) is 0. The topological polar surface area (TPSA) is 58.4 Å². The molecular weight excluding hydrogens is 372 g/mol. The number of halogens is 1. The van der Waals surface area contributed by atoms with E-state index < -0.39 is 10.0 Å². The van der Waals surface area contributed by atoms with Gasteiger partial charge in [-0.3, -0.25) is 9.58 Å². The molecule has 0 unspecified atom stereocenters. The van der Waals surface area contributed by atoms with Crippen molar-refractivity contribution in [2.75, 3.05) is 32.7 Å². The van der Waals surface area contributed by atoms with Crippen LogP contribution in [0.25, 0.3) is 6.08 Å². The number of hydrogen-bond acceptors (Lipinski definition) is 4. The third kappa shape index (κ3) is 4.01. The predicted molar refractivity (Wildman–Crippen MR) is 104 cm³/mol. The Balaban J connectivity index is 1.60. The summed E-state index contributed by atoms with van der Waals surface area (Å²) in [6.07, 6.45) is 4.20. The van der Waals surface area contributed by atoms with Gasteiger partial charge in [0.05, 0.1) is 5.69 Å². The number of rotatable bonds is 5. The van der Waals surface area contributed by atoms with Gasteiger partial charge < -0.3 is 0 Å². The van der Waals surface area contributed by atoms with Crippen molar-refractivity contribution in [3.63, 3.8) is 0 Å². The Kier molecular flexibility index (Phi) is 5.82. The minimum absolute atomic E-state index is 0.124. The Hall–Kier alpha value is -1.67. The summed E-state index contributed by atoms with van der Waals surface area (Å²) < 4.78 is 28.7. The molecule has 6 nitrogen and oxygen atoms in total. The maximum atomic E-state index is 12.9. The lowest BCUT2D eigenvalue weighted by atomic mass is 10.2. The SMILES string of the molecule is Cc1nn(C)c(Cl)c1S(=O)(=O)N1CCN(C/C=C\c2ccccc2)CC1. The van der Waals surface area contributed by atoms with Gasteiger partial charge in [0, 0.05) is 39.8 Å². The summed E-state index contributed by atoms with van der Waals surface area (Å²) in [5.41, 5.74) is 1.60. The molecule has 1 aromatic carbocycles. The second-order valence-corrected chi connectivity index (χ2v) is 8.58. The van der Waals surface area contributed by atoms with E-state index in [1.165, 1.54) is 8.99 Å². The van der Waals surface area contributed by atoms with Crippen molar-refractivity contribution in [3.05, 3.63) is 52.8 Å². The highest BCUT2D eigenvalue weighted by molar-refractivity contribution is 7.89. The van der Waals surface area contributed by atoms with Crippen molar-refractivity contribution in [2.24, 2.45) is 7.05 Å². The minimum Gasteiger partial charge on any atom is -0.297 e. The summed E-state index contributed by atoms with van der Waals surface area (Å²) in [7, 11) is -1.97. The first-order chi connectivity index (χ1) is 12.4. The molecule has 0 radical (unpaired) electrons. The summed E-state index contributed by atoms with van der Waals surface area (Å²) >= 11 is 6.15. The molecule has 2 aromatic rings. The fourth-order valence-corrected chi connectivity index (χ4v) is 5.22. The normalized spacial score (nSPS) is 17.2. The summed E-state index contributed by atoms with van der Waals surface area (Å²) in [6.45, 7) is 4.75. The molecule has 140 valence electrons. The molecule has 0 aliphatic carbocycles. The smallest absolute Gasteiger partial charge is 0.248 e. The van der Waals surface area contributed by atoms with Gasteiger partial charge in [0.1, 0.15) is 10.0 Å². The van der Waals surface area contributed by atoms with Crippen LogP contribution in [0.15, 0.2) is 41.3 Å². The second-order valence-electron chi connectivity index (χ2n) is 6.35. The molecule has 0 saturated carbocycles. The highest BCUT2D eigenvalue weighted by Crippen LogP contribution is 2.27. The van der Waals surface area contributed by atoms with E-state index in [0.717, 1.165) is 12.1 Å². The molecule has 3 rings (SSSR count). The van der Waals surface area contributed by atoms with Crippen LogP contribution in [0.1, 0.15) is 11.3 Å². The molecule has 1 saturated heterocycles. The molecule has 2 heterocycles. The Morgan fingerprint density at radius 3 is 2.38 bits per heavy atom. The van der Waals surface area contributed by atoms with Crippen molar-refractivity contribution in [3.8, 4) is 0 Å². The molecule has 0 bridgehead atoms. The van der Waals surface area contributed by atoms with E-state index >= 15 is 0 Å². The quantitative estimate of drug-likeness (QED) is 0.781. The number of nitrogens with zero attached hydrogens (tertiary/aromatic N) is 4. The van der Waals surface area contributed by atoms with Gasteiger partial charge in [-0.25, -0.2) is 8.42 Å². The van der Waals surface area contributed by atoms with E-state index in [9.17, 15) is 8.42 Å². The van der Waals surface area contributed by atoms with E-state index in [-0.39, 0.29) is 10.0 Å². The summed E-state index contributed by atoms with van der Waals surface area (Å²) in [4.78, 5) is 2.36. The zero-order valence-corrected chi connectivity index (χ0v) is 16.5. The molecule has 1 aliphatic heterocycles. The molecular formula is C18H23ClN4O2S. The molecule has 0 amide bonds. The van der Waals surface area contributed by atoms with Gasteiger partial charge in [-0.2, -0.15) is 9.40 Å². The fraction of sp³-hybridized carbons (Fsp3) is 0.389. The number of aryl methyl sites for hydroxylation is 2. The van der Waals surface area contributed by atoms with E-state index in [1.54, 1.807) is 14.0 Å². The van der Waals surface area contributed by atoms with Gasteiger partial charge in [0.2, 0.25) is 10.0 Å². The van der Waals surface area contributed by atoms with Crippen LogP contribution >= 0.6 is 11.6 Å².